The molecule has 0 aliphatic rings. The molecule has 0 saturated carbocycles. The van der Waals surface area contributed by atoms with Crippen molar-refractivity contribution in [2.24, 2.45) is 0 Å². The molecule has 80 valence electrons. The number of anilines is 1. The van der Waals surface area contributed by atoms with Gasteiger partial charge in [-0.15, -0.1) is 0 Å². The molecule has 1 rings (SSSR count). The smallest absolute Gasteiger partial charge is 0.180 e. The van der Waals surface area contributed by atoms with Crippen molar-refractivity contribution in [2.75, 3.05) is 5.73 Å². The van der Waals surface area contributed by atoms with Crippen LogP contribution >= 0.6 is 11.3 Å². The Labute approximate surface area is 89.0 Å². The molecular weight excluding hydrogens is 196 g/mol. The van der Waals surface area contributed by atoms with E-state index in [-0.39, 0.29) is 0 Å². The van der Waals surface area contributed by atoms with Gasteiger partial charge in [-0.25, -0.2) is 4.98 Å². The normalized spacial score (nSPS) is 13.1. The molecular formula is C10H18N2OS. The number of nitrogens with zero attached hydrogens (tertiary/aromatic N) is 1. The Balaban J connectivity index is 2.64. The molecule has 3 nitrogen and oxygen atoms in total. The highest BCUT2D eigenvalue weighted by Gasteiger charge is 2.13. The SMILES string of the molecule is CCCCCc1nc(N)sc1C(C)O. The highest BCUT2D eigenvalue weighted by molar-refractivity contribution is 7.15. The summed E-state index contributed by atoms with van der Waals surface area (Å²) in [5.41, 5.74) is 6.60. The van der Waals surface area contributed by atoms with Crippen LogP contribution in [0.1, 0.15) is 49.8 Å². The topological polar surface area (TPSA) is 59.1 Å². The summed E-state index contributed by atoms with van der Waals surface area (Å²) in [7, 11) is 0. The summed E-state index contributed by atoms with van der Waals surface area (Å²) in [6.07, 6.45) is 4.02. The zero-order chi connectivity index (χ0) is 10.6. The number of aryl methyl sites for hydroxylation is 1. The number of nitrogen functional groups attached to an aromatic ring is 1. The summed E-state index contributed by atoms with van der Waals surface area (Å²) >= 11 is 1.40. The Kier molecular flexibility index (Phi) is 4.35. The average Bonchev–Trinajstić information content (AvgIpc) is 2.47. The van der Waals surface area contributed by atoms with Gasteiger partial charge in [0.05, 0.1) is 16.7 Å². The van der Waals surface area contributed by atoms with Crippen molar-refractivity contribution in [3.63, 3.8) is 0 Å². The molecule has 1 aromatic rings. The maximum absolute atomic E-state index is 9.49. The number of aromatic nitrogens is 1. The third kappa shape index (κ3) is 2.96. The number of hydrogen-bond acceptors (Lipinski definition) is 4. The molecule has 0 spiro atoms. The van der Waals surface area contributed by atoms with Gasteiger partial charge in [-0.3, -0.25) is 0 Å². The van der Waals surface area contributed by atoms with Gasteiger partial charge in [0.1, 0.15) is 0 Å². The van der Waals surface area contributed by atoms with Gasteiger partial charge in [0.15, 0.2) is 5.13 Å². The molecule has 0 aliphatic carbocycles. The second-order valence-corrected chi connectivity index (χ2v) is 4.56. The molecule has 1 unspecified atom stereocenters. The summed E-state index contributed by atoms with van der Waals surface area (Å²) in [4.78, 5) is 5.17. The minimum atomic E-state index is -0.443. The molecule has 0 aliphatic heterocycles. The van der Waals surface area contributed by atoms with Crippen molar-refractivity contribution in [3.05, 3.63) is 10.6 Å². The van der Waals surface area contributed by atoms with E-state index in [1.54, 1.807) is 6.92 Å². The molecule has 1 aromatic heterocycles. The highest BCUT2D eigenvalue weighted by Crippen LogP contribution is 2.27. The number of aliphatic hydroxyl groups excluding tert-OH is 1. The Morgan fingerprint density at radius 2 is 2.21 bits per heavy atom. The van der Waals surface area contributed by atoms with Crippen molar-refractivity contribution >= 4 is 16.5 Å². The molecule has 0 saturated heterocycles. The van der Waals surface area contributed by atoms with Crippen molar-refractivity contribution < 1.29 is 5.11 Å². The van der Waals surface area contributed by atoms with E-state index in [0.29, 0.717) is 5.13 Å². The Morgan fingerprint density at radius 1 is 1.50 bits per heavy atom. The van der Waals surface area contributed by atoms with E-state index in [0.717, 1.165) is 23.4 Å². The average molecular weight is 214 g/mol. The number of aliphatic hydroxyl groups is 1. The maximum Gasteiger partial charge on any atom is 0.180 e. The highest BCUT2D eigenvalue weighted by atomic mass is 32.1. The first-order valence-electron chi connectivity index (χ1n) is 5.08. The van der Waals surface area contributed by atoms with Crippen LogP contribution in [0.2, 0.25) is 0 Å². The van der Waals surface area contributed by atoms with E-state index in [2.05, 4.69) is 11.9 Å². The van der Waals surface area contributed by atoms with Crippen molar-refractivity contribution in [1.29, 1.82) is 0 Å². The van der Waals surface area contributed by atoms with E-state index in [9.17, 15) is 5.11 Å². The van der Waals surface area contributed by atoms with Crippen molar-refractivity contribution in [3.8, 4) is 0 Å². The molecule has 4 heteroatoms. The first-order valence-corrected chi connectivity index (χ1v) is 5.90. The van der Waals surface area contributed by atoms with Crippen LogP contribution in [-0.2, 0) is 6.42 Å². The van der Waals surface area contributed by atoms with Gasteiger partial charge in [-0.2, -0.15) is 0 Å². The van der Waals surface area contributed by atoms with Crippen LogP contribution in [0.5, 0.6) is 0 Å². The van der Waals surface area contributed by atoms with Crippen LogP contribution in [0.3, 0.4) is 0 Å². The van der Waals surface area contributed by atoms with Crippen molar-refractivity contribution in [1.82, 2.24) is 4.98 Å². The van der Waals surface area contributed by atoms with Gasteiger partial charge in [-0.05, 0) is 19.8 Å². The van der Waals surface area contributed by atoms with Gasteiger partial charge >= 0.3 is 0 Å². The summed E-state index contributed by atoms with van der Waals surface area (Å²) in [5.74, 6) is 0. The predicted molar refractivity (Wildman–Crippen MR) is 60.4 cm³/mol. The maximum atomic E-state index is 9.49. The molecule has 0 fully saturated rings. The van der Waals surface area contributed by atoms with Crippen LogP contribution in [0.25, 0.3) is 0 Å². The Morgan fingerprint density at radius 3 is 2.79 bits per heavy atom. The number of nitrogens with two attached hydrogens (primary N) is 1. The zero-order valence-corrected chi connectivity index (χ0v) is 9.60. The van der Waals surface area contributed by atoms with E-state index in [4.69, 9.17) is 5.73 Å². The molecule has 14 heavy (non-hydrogen) atoms. The fraction of sp³-hybridized carbons (Fsp3) is 0.700. The number of unbranched alkanes of at least 4 members (excludes halogenated alkanes) is 2. The van der Waals surface area contributed by atoms with Crippen LogP contribution in [0, 0.1) is 0 Å². The first kappa shape index (κ1) is 11.5. The lowest BCUT2D eigenvalue weighted by Gasteiger charge is -2.03. The number of hydrogen-bond donors (Lipinski definition) is 2. The van der Waals surface area contributed by atoms with Crippen LogP contribution in [-0.4, -0.2) is 10.1 Å². The first-order chi connectivity index (χ1) is 6.65. The standard InChI is InChI=1S/C10H18N2OS/c1-3-4-5-6-8-9(7(2)13)14-10(11)12-8/h7,13H,3-6H2,1-2H3,(H2,11,12). The Hall–Kier alpha value is -0.610. The number of rotatable bonds is 5. The van der Waals surface area contributed by atoms with E-state index in [1.807, 2.05) is 0 Å². The van der Waals surface area contributed by atoms with Crippen LogP contribution in [0.4, 0.5) is 5.13 Å². The molecule has 0 aromatic carbocycles. The summed E-state index contributed by atoms with van der Waals surface area (Å²) in [6, 6.07) is 0. The summed E-state index contributed by atoms with van der Waals surface area (Å²) in [6.45, 7) is 3.93. The van der Waals surface area contributed by atoms with Gasteiger partial charge in [0.25, 0.3) is 0 Å². The fourth-order valence-electron chi connectivity index (χ4n) is 1.43. The quantitative estimate of drug-likeness (QED) is 0.740. The van der Waals surface area contributed by atoms with E-state index < -0.39 is 6.10 Å². The van der Waals surface area contributed by atoms with E-state index in [1.165, 1.54) is 24.2 Å². The van der Waals surface area contributed by atoms with E-state index >= 15 is 0 Å². The summed E-state index contributed by atoms with van der Waals surface area (Å²) < 4.78 is 0. The largest absolute Gasteiger partial charge is 0.388 e. The minimum absolute atomic E-state index is 0.443. The van der Waals surface area contributed by atoms with Gasteiger partial charge in [0, 0.05) is 0 Å². The third-order valence-electron chi connectivity index (χ3n) is 2.14. The van der Waals surface area contributed by atoms with Crippen molar-refractivity contribution in [2.45, 2.75) is 45.6 Å². The lowest BCUT2D eigenvalue weighted by atomic mass is 10.1. The third-order valence-corrected chi connectivity index (χ3v) is 3.24. The number of thiazole rings is 1. The lowest BCUT2D eigenvalue weighted by molar-refractivity contribution is 0.201. The fourth-order valence-corrected chi connectivity index (χ4v) is 2.25. The molecule has 3 N–H and O–H groups in total. The Bertz CT molecular complexity index is 284. The molecule has 0 bridgehead atoms. The molecule has 0 radical (unpaired) electrons. The zero-order valence-electron chi connectivity index (χ0n) is 8.79. The monoisotopic (exact) mass is 214 g/mol. The van der Waals surface area contributed by atoms with Crippen LogP contribution in [0.15, 0.2) is 0 Å². The molecule has 0 amide bonds. The minimum Gasteiger partial charge on any atom is -0.388 e. The molecule has 1 heterocycles. The summed E-state index contributed by atoms with van der Waals surface area (Å²) in [5, 5.41) is 10.1. The van der Waals surface area contributed by atoms with Crippen LogP contribution < -0.4 is 5.73 Å². The second-order valence-electron chi connectivity index (χ2n) is 3.50. The second kappa shape index (κ2) is 5.32. The van der Waals surface area contributed by atoms with Gasteiger partial charge in [-0.1, -0.05) is 31.1 Å². The van der Waals surface area contributed by atoms with Gasteiger partial charge < -0.3 is 10.8 Å². The molecule has 1 atom stereocenters. The lowest BCUT2D eigenvalue weighted by Crippen LogP contribution is -1.95. The van der Waals surface area contributed by atoms with Gasteiger partial charge in [0.2, 0.25) is 0 Å². The predicted octanol–water partition coefficient (Wildman–Crippen LogP) is 2.51.